The number of hydrazine groups is 1. The van der Waals surface area contributed by atoms with Crippen molar-refractivity contribution in [2.45, 2.75) is 19.4 Å². The maximum Gasteiger partial charge on any atom is 0.229 e. The lowest BCUT2D eigenvalue weighted by Crippen LogP contribution is -2.37. The van der Waals surface area contributed by atoms with E-state index in [0.29, 0.717) is 11.9 Å². The van der Waals surface area contributed by atoms with Gasteiger partial charge in [-0.3, -0.25) is 5.01 Å². The molecule has 0 radical (unpaired) electrons. The summed E-state index contributed by atoms with van der Waals surface area (Å²) in [6, 6.07) is 10.6. The van der Waals surface area contributed by atoms with Crippen molar-refractivity contribution < 1.29 is 4.84 Å². The van der Waals surface area contributed by atoms with E-state index in [0.717, 1.165) is 6.42 Å². The molecule has 4 heteroatoms. The Hall–Kier alpha value is -1.68. The molecule has 1 heterocycles. The van der Waals surface area contributed by atoms with Crippen molar-refractivity contribution in [3.05, 3.63) is 48.0 Å². The first kappa shape index (κ1) is 9.86. The van der Waals surface area contributed by atoms with E-state index in [1.165, 1.54) is 5.56 Å². The molecule has 1 aliphatic heterocycles. The monoisotopic (exact) mass is 205 g/mol. The zero-order chi connectivity index (χ0) is 10.7. The van der Waals surface area contributed by atoms with Gasteiger partial charge in [0.15, 0.2) is 0 Å². The second-order valence-electron chi connectivity index (χ2n) is 3.67. The molecule has 1 unspecified atom stereocenters. The second kappa shape index (κ2) is 4.23. The summed E-state index contributed by atoms with van der Waals surface area (Å²) < 4.78 is 0. The standard InChI is InChI=1S/C11H15N3O/c1-9(14-8-11(12)15-13-14)7-10-5-3-2-4-6-10/h2-6,8-9,13H,7,12H2,1H3. The highest BCUT2D eigenvalue weighted by molar-refractivity contribution is 5.16. The average molecular weight is 205 g/mol. The fourth-order valence-electron chi connectivity index (χ4n) is 1.57. The largest absolute Gasteiger partial charge is 0.370 e. The topological polar surface area (TPSA) is 50.5 Å². The van der Waals surface area contributed by atoms with Gasteiger partial charge in [-0.25, -0.2) is 0 Å². The van der Waals surface area contributed by atoms with Crippen molar-refractivity contribution in [2.75, 3.05) is 0 Å². The van der Waals surface area contributed by atoms with Crippen LogP contribution in [0.25, 0.3) is 0 Å². The van der Waals surface area contributed by atoms with Crippen molar-refractivity contribution in [3.63, 3.8) is 0 Å². The summed E-state index contributed by atoms with van der Waals surface area (Å²) in [4.78, 5) is 4.94. The number of hydrogen-bond acceptors (Lipinski definition) is 4. The first-order valence-corrected chi connectivity index (χ1v) is 4.98. The van der Waals surface area contributed by atoms with Crippen LogP contribution in [0.15, 0.2) is 42.4 Å². The van der Waals surface area contributed by atoms with Crippen molar-refractivity contribution >= 4 is 0 Å². The SMILES string of the molecule is CC(Cc1ccccc1)N1C=C(N)ON1. The van der Waals surface area contributed by atoms with Crippen LogP contribution in [0.4, 0.5) is 0 Å². The van der Waals surface area contributed by atoms with Gasteiger partial charge in [-0.1, -0.05) is 35.9 Å². The Bertz CT molecular complexity index is 350. The summed E-state index contributed by atoms with van der Waals surface area (Å²) >= 11 is 0. The lowest BCUT2D eigenvalue weighted by atomic mass is 10.1. The fourth-order valence-corrected chi connectivity index (χ4v) is 1.57. The van der Waals surface area contributed by atoms with Crippen LogP contribution in [0.5, 0.6) is 0 Å². The van der Waals surface area contributed by atoms with E-state index in [2.05, 4.69) is 24.6 Å². The van der Waals surface area contributed by atoms with E-state index in [4.69, 9.17) is 10.6 Å². The van der Waals surface area contributed by atoms with Crippen LogP contribution in [0, 0.1) is 0 Å². The molecule has 0 aromatic heterocycles. The number of hydrogen-bond donors (Lipinski definition) is 2. The third-order valence-corrected chi connectivity index (χ3v) is 2.38. The van der Waals surface area contributed by atoms with E-state index >= 15 is 0 Å². The van der Waals surface area contributed by atoms with Gasteiger partial charge in [-0.15, -0.1) is 0 Å². The van der Waals surface area contributed by atoms with Crippen LogP contribution in [-0.2, 0) is 11.3 Å². The Morgan fingerprint density at radius 2 is 2.13 bits per heavy atom. The Kier molecular flexibility index (Phi) is 2.78. The van der Waals surface area contributed by atoms with E-state index in [1.807, 2.05) is 23.2 Å². The molecule has 2 rings (SSSR count). The number of nitrogens with two attached hydrogens (primary N) is 1. The van der Waals surface area contributed by atoms with Crippen molar-refractivity contribution in [3.8, 4) is 0 Å². The predicted molar refractivity (Wildman–Crippen MR) is 57.9 cm³/mol. The molecule has 1 aromatic carbocycles. The number of nitrogens with one attached hydrogen (secondary N) is 1. The van der Waals surface area contributed by atoms with E-state index < -0.39 is 0 Å². The molecule has 0 amide bonds. The lowest BCUT2D eigenvalue weighted by molar-refractivity contribution is 0.00182. The number of benzene rings is 1. The molecule has 0 bridgehead atoms. The third-order valence-electron chi connectivity index (χ3n) is 2.38. The van der Waals surface area contributed by atoms with E-state index in [-0.39, 0.29) is 0 Å². The van der Waals surface area contributed by atoms with Gasteiger partial charge in [-0.2, -0.15) is 0 Å². The van der Waals surface area contributed by atoms with Crippen molar-refractivity contribution in [2.24, 2.45) is 5.73 Å². The molecule has 80 valence electrons. The molecule has 1 aromatic rings. The van der Waals surface area contributed by atoms with Gasteiger partial charge in [0.05, 0.1) is 6.20 Å². The number of nitrogens with zero attached hydrogens (tertiary/aromatic N) is 1. The van der Waals surface area contributed by atoms with Crippen molar-refractivity contribution in [1.82, 2.24) is 10.6 Å². The van der Waals surface area contributed by atoms with Gasteiger partial charge in [-0.05, 0) is 18.9 Å². The van der Waals surface area contributed by atoms with Gasteiger partial charge >= 0.3 is 0 Å². The Balaban J connectivity index is 1.96. The summed E-state index contributed by atoms with van der Waals surface area (Å²) in [5, 5.41) is 1.86. The molecule has 4 nitrogen and oxygen atoms in total. The smallest absolute Gasteiger partial charge is 0.229 e. The first-order valence-electron chi connectivity index (χ1n) is 4.98. The molecule has 0 saturated heterocycles. The highest BCUT2D eigenvalue weighted by atomic mass is 16.7. The molecule has 0 saturated carbocycles. The van der Waals surface area contributed by atoms with Crippen LogP contribution < -0.4 is 11.3 Å². The molecule has 0 spiro atoms. The first-order chi connectivity index (χ1) is 7.25. The quantitative estimate of drug-likeness (QED) is 0.776. The Labute approximate surface area is 89.2 Å². The Morgan fingerprint density at radius 3 is 2.73 bits per heavy atom. The summed E-state index contributed by atoms with van der Waals surface area (Å²) in [6.07, 6.45) is 2.70. The van der Waals surface area contributed by atoms with Gasteiger partial charge in [0.25, 0.3) is 0 Å². The molecule has 0 aliphatic carbocycles. The molecule has 1 atom stereocenters. The minimum Gasteiger partial charge on any atom is -0.370 e. The summed E-state index contributed by atoms with van der Waals surface area (Å²) in [6.45, 7) is 2.11. The minimum absolute atomic E-state index is 0.299. The molecule has 3 N–H and O–H groups in total. The highest BCUT2D eigenvalue weighted by Crippen LogP contribution is 2.11. The fraction of sp³-hybridized carbons (Fsp3) is 0.273. The lowest BCUT2D eigenvalue weighted by Gasteiger charge is -2.21. The van der Waals surface area contributed by atoms with E-state index in [9.17, 15) is 0 Å². The van der Waals surface area contributed by atoms with Gasteiger partial charge in [0, 0.05) is 6.04 Å². The Morgan fingerprint density at radius 1 is 1.40 bits per heavy atom. The maximum atomic E-state index is 5.49. The predicted octanol–water partition coefficient (Wildman–Crippen LogP) is 1.13. The van der Waals surface area contributed by atoms with Crippen LogP contribution >= 0.6 is 0 Å². The maximum absolute atomic E-state index is 5.49. The molecule has 0 fully saturated rings. The zero-order valence-corrected chi connectivity index (χ0v) is 8.68. The second-order valence-corrected chi connectivity index (χ2v) is 3.67. The molecule has 15 heavy (non-hydrogen) atoms. The van der Waals surface area contributed by atoms with Gasteiger partial charge < -0.3 is 10.6 Å². The van der Waals surface area contributed by atoms with E-state index in [1.54, 1.807) is 6.20 Å². The van der Waals surface area contributed by atoms with Crippen molar-refractivity contribution in [1.29, 1.82) is 0 Å². The highest BCUT2D eigenvalue weighted by Gasteiger charge is 2.17. The summed E-state index contributed by atoms with van der Waals surface area (Å²) in [7, 11) is 0. The zero-order valence-electron chi connectivity index (χ0n) is 8.68. The van der Waals surface area contributed by atoms with Crippen LogP contribution in [0.3, 0.4) is 0 Å². The molecular formula is C11H15N3O. The van der Waals surface area contributed by atoms with Crippen LogP contribution in [0.1, 0.15) is 12.5 Å². The molecular weight excluding hydrogens is 190 g/mol. The van der Waals surface area contributed by atoms with Gasteiger partial charge in [0.2, 0.25) is 5.88 Å². The summed E-state index contributed by atoms with van der Waals surface area (Å²) in [5.41, 5.74) is 9.53. The van der Waals surface area contributed by atoms with Crippen LogP contribution in [-0.4, -0.2) is 11.1 Å². The number of rotatable bonds is 3. The third kappa shape index (κ3) is 2.41. The average Bonchev–Trinajstić information content (AvgIpc) is 2.66. The van der Waals surface area contributed by atoms with Gasteiger partial charge in [0.1, 0.15) is 0 Å². The minimum atomic E-state index is 0.299. The molecule has 1 aliphatic rings. The summed E-state index contributed by atoms with van der Waals surface area (Å²) in [5.74, 6) is 0.398. The normalized spacial score (nSPS) is 17.1. The van der Waals surface area contributed by atoms with Crippen LogP contribution in [0.2, 0.25) is 0 Å².